The molecule has 8 heteroatoms. The van der Waals surface area contributed by atoms with E-state index in [9.17, 15) is 0 Å². The van der Waals surface area contributed by atoms with E-state index in [-0.39, 0.29) is 6.71 Å². The number of hydrogen-bond acceptors (Lipinski definition) is 6. The van der Waals surface area contributed by atoms with Crippen molar-refractivity contribution in [3.63, 3.8) is 0 Å². The van der Waals surface area contributed by atoms with Gasteiger partial charge in [-0.1, -0.05) is 231 Å². The minimum absolute atomic E-state index is 0.332. The molecule has 2 aliphatic rings. The third-order valence-corrected chi connectivity index (χ3v) is 19.9. The number of furan rings is 2. The maximum Gasteiger partial charge on any atom is 0.252 e. The van der Waals surface area contributed by atoms with Crippen molar-refractivity contribution in [1.29, 1.82) is 0 Å². The zero-order valence-corrected chi connectivity index (χ0v) is 51.8. The van der Waals surface area contributed by atoms with Crippen LogP contribution in [-0.4, -0.2) is 21.2 Å². The van der Waals surface area contributed by atoms with Crippen LogP contribution in [-0.2, 0) is 0 Å². The summed E-state index contributed by atoms with van der Waals surface area (Å²) in [7, 11) is 0. The van der Waals surface area contributed by atoms with Gasteiger partial charge in [-0.3, -0.25) is 9.97 Å². The van der Waals surface area contributed by atoms with Gasteiger partial charge < -0.3 is 23.2 Å². The van der Waals surface area contributed by atoms with E-state index in [2.05, 4.69) is 330 Å². The quantitative estimate of drug-likeness (QED) is 0.134. The van der Waals surface area contributed by atoms with Gasteiger partial charge in [0, 0.05) is 102 Å². The summed E-state index contributed by atoms with van der Waals surface area (Å²) < 4.78 is 15.5. The van der Waals surface area contributed by atoms with Crippen molar-refractivity contribution in [2.45, 2.75) is 0 Å². The highest BCUT2D eigenvalue weighted by molar-refractivity contribution is 7.00. The topological polar surface area (TPSA) is 63.5 Å². The molecular formula is C88H54BN5O2. The molecule has 2 aliphatic heterocycles. The second-order valence-electron chi connectivity index (χ2n) is 25.2. The first-order chi connectivity index (χ1) is 47.6. The van der Waals surface area contributed by atoms with Crippen molar-refractivity contribution in [3.8, 4) is 72.4 Å². The molecule has 0 N–H and O–H groups in total. The fourth-order valence-electron chi connectivity index (χ4n) is 15.7. The molecule has 18 aromatic rings. The molecule has 20 rings (SSSR count). The molecule has 0 radical (unpaired) electrons. The molecule has 0 aliphatic carbocycles. The maximum absolute atomic E-state index is 6.49. The summed E-state index contributed by atoms with van der Waals surface area (Å²) in [6, 6.07) is 110. The number of benzene rings is 13. The molecule has 0 spiro atoms. The number of hydrogen-bond donors (Lipinski definition) is 0. The first-order valence-corrected chi connectivity index (χ1v) is 32.7. The number of nitrogens with zero attached hydrogens (tertiary/aromatic N) is 5. The smallest absolute Gasteiger partial charge is 0.252 e. The van der Waals surface area contributed by atoms with Crippen molar-refractivity contribution < 1.29 is 8.83 Å². The third-order valence-electron chi connectivity index (χ3n) is 19.9. The molecule has 0 fully saturated rings. The molecule has 446 valence electrons. The molecule has 96 heavy (non-hydrogen) atoms. The summed E-state index contributed by atoms with van der Waals surface area (Å²) >= 11 is 0. The van der Waals surface area contributed by atoms with E-state index >= 15 is 0 Å². The number of para-hydroxylation sites is 4. The van der Waals surface area contributed by atoms with Crippen molar-refractivity contribution >= 4 is 123 Å². The van der Waals surface area contributed by atoms with Crippen LogP contribution in [0, 0.1) is 0 Å². The normalized spacial score (nSPS) is 12.5. The van der Waals surface area contributed by atoms with Crippen LogP contribution in [0.15, 0.2) is 337 Å². The second-order valence-corrected chi connectivity index (χ2v) is 25.2. The third kappa shape index (κ3) is 8.28. The summed E-state index contributed by atoms with van der Waals surface area (Å²) in [5.74, 6) is 0. The number of rotatable bonds is 9. The van der Waals surface area contributed by atoms with Gasteiger partial charge in [-0.2, -0.15) is 0 Å². The molecule has 7 heterocycles. The zero-order valence-electron chi connectivity index (χ0n) is 51.8. The SMILES string of the molecule is c1ccc(-c2cncc(-c3ccccc3)c2N2c3ccc(-c4ccc5oc6ccccc6c5c4)cc3B3c4cc(-c5ccc6oc7ccccc7c6c5)ccc4N(c4c(-c5ccccc5)cncc4-c4ccccc4)c4cc(-n5c6ccccc6c6ccccc65)cc2c43)cc1. The first-order valence-electron chi connectivity index (χ1n) is 32.7. The Morgan fingerprint density at radius 2 is 0.594 bits per heavy atom. The van der Waals surface area contributed by atoms with Gasteiger partial charge in [0.2, 0.25) is 0 Å². The number of fused-ring (bicyclic) bond motifs is 13. The number of pyridine rings is 2. The Labute approximate surface area is 553 Å². The fraction of sp³-hybridized carbons (Fsp3) is 0. The van der Waals surface area contributed by atoms with Crippen molar-refractivity contribution in [1.82, 2.24) is 14.5 Å². The molecule has 0 saturated heterocycles. The van der Waals surface area contributed by atoms with E-state index in [0.29, 0.717) is 0 Å². The van der Waals surface area contributed by atoms with E-state index in [1.165, 1.54) is 10.8 Å². The number of aromatic nitrogens is 3. The molecule has 0 amide bonds. The van der Waals surface area contributed by atoms with Crippen molar-refractivity contribution in [3.05, 3.63) is 328 Å². The first kappa shape index (κ1) is 53.8. The lowest BCUT2D eigenvalue weighted by Gasteiger charge is -2.46. The van der Waals surface area contributed by atoms with Crippen LogP contribution < -0.4 is 26.2 Å². The largest absolute Gasteiger partial charge is 0.456 e. The average Bonchev–Trinajstić information content (AvgIpc) is 0.768. The summed E-state index contributed by atoms with van der Waals surface area (Å²) in [6.45, 7) is -0.332. The van der Waals surface area contributed by atoms with Crippen LogP contribution in [0.4, 0.5) is 34.1 Å². The van der Waals surface area contributed by atoms with Gasteiger partial charge in [-0.25, -0.2) is 0 Å². The Kier molecular flexibility index (Phi) is 12.0. The lowest BCUT2D eigenvalue weighted by molar-refractivity contribution is 0.668. The monoisotopic (exact) mass is 1220 g/mol. The van der Waals surface area contributed by atoms with Gasteiger partial charge >= 0.3 is 0 Å². The minimum Gasteiger partial charge on any atom is -0.456 e. The summed E-state index contributed by atoms with van der Waals surface area (Å²) in [5.41, 5.74) is 29.1. The molecule has 0 unspecified atom stereocenters. The lowest BCUT2D eigenvalue weighted by atomic mass is 9.33. The Hall–Kier alpha value is -12.8. The molecule has 0 atom stereocenters. The van der Waals surface area contributed by atoms with Gasteiger partial charge in [0.15, 0.2) is 0 Å². The lowest BCUT2D eigenvalue weighted by Crippen LogP contribution is -2.61. The van der Waals surface area contributed by atoms with E-state index in [4.69, 9.17) is 18.8 Å². The van der Waals surface area contributed by atoms with Crippen LogP contribution in [0.5, 0.6) is 0 Å². The summed E-state index contributed by atoms with van der Waals surface area (Å²) in [6.07, 6.45) is 8.25. The van der Waals surface area contributed by atoms with E-state index in [1.807, 2.05) is 12.1 Å². The fourth-order valence-corrected chi connectivity index (χ4v) is 15.7. The Morgan fingerprint density at radius 1 is 0.260 bits per heavy atom. The molecule has 13 aromatic carbocycles. The zero-order chi connectivity index (χ0) is 63.0. The highest BCUT2D eigenvalue weighted by Gasteiger charge is 2.46. The van der Waals surface area contributed by atoms with Crippen molar-refractivity contribution in [2.75, 3.05) is 9.80 Å². The van der Waals surface area contributed by atoms with E-state index in [0.717, 1.165) is 178 Å². The van der Waals surface area contributed by atoms with E-state index < -0.39 is 0 Å². The van der Waals surface area contributed by atoms with Crippen LogP contribution in [0.1, 0.15) is 0 Å². The minimum atomic E-state index is -0.332. The molecule has 7 nitrogen and oxygen atoms in total. The van der Waals surface area contributed by atoms with Gasteiger partial charge in [-0.05, 0) is 134 Å². The van der Waals surface area contributed by atoms with Crippen molar-refractivity contribution in [2.24, 2.45) is 0 Å². The maximum atomic E-state index is 6.49. The van der Waals surface area contributed by atoms with Gasteiger partial charge in [0.25, 0.3) is 6.71 Å². The average molecular weight is 1220 g/mol. The molecule has 0 bridgehead atoms. The van der Waals surface area contributed by atoms with Crippen LogP contribution in [0.2, 0.25) is 0 Å². The molecule has 5 aromatic heterocycles. The number of anilines is 6. The standard InChI is InChI=1S/C88H54BN5O2/c1-5-21-55(22-6-1)70-51-90-52-71(56-23-7-2-8-24-56)87(70)93-78-41-37-61(59-39-43-84-68(45-59)66-31-15-19-35-82(66)95-84)47-74(78)89-75-48-62(60-40-44-85-69(46-60)67-32-16-20-36-83(67)96-85)38-42-79(75)94(88-72(57-25-9-3-10-26-57)53-91-54-73(88)58-27-11-4-12-28-58)81-50-63(49-80(93)86(81)89)92-76-33-17-13-29-64(76)65-30-14-18-34-77(65)92/h1-54H. The Balaban J connectivity index is 0.964. The van der Waals surface area contributed by atoms with Gasteiger partial charge in [0.05, 0.1) is 28.1 Å². The highest BCUT2D eigenvalue weighted by atomic mass is 16.3. The Bertz CT molecular complexity index is 5690. The van der Waals surface area contributed by atoms with Crippen LogP contribution in [0.3, 0.4) is 0 Å². The highest BCUT2D eigenvalue weighted by Crippen LogP contribution is 2.54. The Morgan fingerprint density at radius 3 is 1.00 bits per heavy atom. The van der Waals surface area contributed by atoms with Gasteiger partial charge in [-0.15, -0.1) is 0 Å². The predicted octanol–water partition coefficient (Wildman–Crippen LogP) is 21.5. The predicted molar refractivity (Wildman–Crippen MR) is 398 cm³/mol. The van der Waals surface area contributed by atoms with E-state index in [1.54, 1.807) is 0 Å². The van der Waals surface area contributed by atoms with Crippen LogP contribution in [0.25, 0.3) is 138 Å². The summed E-state index contributed by atoms with van der Waals surface area (Å²) in [5, 5.41) is 6.71. The molecular weight excluding hydrogens is 1170 g/mol. The molecule has 0 saturated carbocycles. The summed E-state index contributed by atoms with van der Waals surface area (Å²) in [4.78, 5) is 15.5. The second kappa shape index (κ2) is 21.4. The van der Waals surface area contributed by atoms with Crippen LogP contribution >= 0.6 is 0 Å². The van der Waals surface area contributed by atoms with Gasteiger partial charge in [0.1, 0.15) is 22.3 Å².